The van der Waals surface area contributed by atoms with Crippen molar-refractivity contribution >= 4 is 28.3 Å². The number of hydrogen-bond acceptors (Lipinski definition) is 5. The minimum absolute atomic E-state index is 0.0566. The van der Waals surface area contributed by atoms with E-state index in [4.69, 9.17) is 9.47 Å². The fourth-order valence-electron chi connectivity index (χ4n) is 4.80. The maximum absolute atomic E-state index is 12.5. The SMILES string of the molecule is O=C(Cc1ccc(Oc2ccc3ccc(OCCN4CCCCC4)cc3c2)cc1)Nc1ccccc1C(=O)O. The molecule has 0 saturated carbocycles. The molecule has 7 nitrogen and oxygen atoms in total. The summed E-state index contributed by atoms with van der Waals surface area (Å²) in [6.07, 6.45) is 4.00. The zero-order valence-corrected chi connectivity index (χ0v) is 21.8. The Morgan fingerprint density at radius 2 is 1.49 bits per heavy atom. The summed E-state index contributed by atoms with van der Waals surface area (Å²) in [4.78, 5) is 26.3. The van der Waals surface area contributed by atoms with Crippen molar-refractivity contribution in [1.82, 2.24) is 4.90 Å². The average Bonchev–Trinajstić information content (AvgIpc) is 2.95. The lowest BCUT2D eigenvalue weighted by atomic mass is 10.1. The van der Waals surface area contributed by atoms with Crippen LogP contribution in [0.15, 0.2) is 84.9 Å². The minimum Gasteiger partial charge on any atom is -0.492 e. The number of aromatic carboxylic acids is 1. The van der Waals surface area contributed by atoms with Gasteiger partial charge in [0.1, 0.15) is 23.9 Å². The number of carbonyl (C=O) groups excluding carboxylic acids is 1. The molecule has 1 heterocycles. The van der Waals surface area contributed by atoms with Crippen LogP contribution in [0.4, 0.5) is 5.69 Å². The van der Waals surface area contributed by atoms with Crippen molar-refractivity contribution in [1.29, 1.82) is 0 Å². The molecule has 1 amide bonds. The van der Waals surface area contributed by atoms with Crippen LogP contribution >= 0.6 is 0 Å². The second-order valence-corrected chi connectivity index (χ2v) is 9.74. The van der Waals surface area contributed by atoms with Crippen molar-refractivity contribution in [2.75, 3.05) is 31.6 Å². The molecule has 4 aromatic rings. The topological polar surface area (TPSA) is 88.1 Å². The molecule has 0 aliphatic carbocycles. The van der Waals surface area contributed by atoms with Gasteiger partial charge in [-0.2, -0.15) is 0 Å². The number of para-hydroxylation sites is 1. The van der Waals surface area contributed by atoms with Gasteiger partial charge >= 0.3 is 5.97 Å². The first-order valence-electron chi connectivity index (χ1n) is 13.3. The van der Waals surface area contributed by atoms with Gasteiger partial charge in [-0.3, -0.25) is 9.69 Å². The molecule has 1 aliphatic rings. The quantitative estimate of drug-likeness (QED) is 0.250. The van der Waals surface area contributed by atoms with Gasteiger partial charge in [0, 0.05) is 6.54 Å². The Bertz CT molecular complexity index is 1440. The number of likely N-dealkylation sites (tertiary alicyclic amines) is 1. The van der Waals surface area contributed by atoms with Crippen molar-refractivity contribution in [3.8, 4) is 17.2 Å². The fraction of sp³-hybridized carbons (Fsp3) is 0.250. The molecule has 200 valence electrons. The summed E-state index contributed by atoms with van der Waals surface area (Å²) < 4.78 is 12.1. The fourth-order valence-corrected chi connectivity index (χ4v) is 4.80. The first kappa shape index (κ1) is 26.3. The molecule has 7 heteroatoms. The summed E-state index contributed by atoms with van der Waals surface area (Å²) in [5, 5.41) is 14.1. The molecule has 1 saturated heterocycles. The lowest BCUT2D eigenvalue weighted by Crippen LogP contribution is -2.33. The number of nitrogens with one attached hydrogen (secondary N) is 1. The highest BCUT2D eigenvalue weighted by Crippen LogP contribution is 2.28. The summed E-state index contributed by atoms with van der Waals surface area (Å²) >= 11 is 0. The molecule has 0 unspecified atom stereocenters. The molecule has 1 aliphatic heterocycles. The number of benzene rings is 4. The van der Waals surface area contributed by atoms with E-state index in [1.54, 1.807) is 18.2 Å². The molecular weight excluding hydrogens is 492 g/mol. The molecule has 1 fully saturated rings. The highest BCUT2D eigenvalue weighted by molar-refractivity contribution is 6.01. The zero-order valence-electron chi connectivity index (χ0n) is 21.8. The van der Waals surface area contributed by atoms with Gasteiger partial charge < -0.3 is 19.9 Å². The second-order valence-electron chi connectivity index (χ2n) is 9.74. The maximum atomic E-state index is 12.5. The van der Waals surface area contributed by atoms with E-state index >= 15 is 0 Å². The van der Waals surface area contributed by atoms with Crippen LogP contribution in [0.25, 0.3) is 10.8 Å². The number of carboxylic acid groups (broad SMARTS) is 1. The standard InChI is InChI=1S/C32H32N2O5/c35-31(33-30-7-3-2-6-29(30)32(36)37)20-23-8-12-26(13-9-23)39-28-15-11-24-10-14-27(21-25(24)22-28)38-19-18-34-16-4-1-5-17-34/h2-3,6-15,21-22H,1,4-5,16-20H2,(H,33,35)(H,36,37). The molecular formula is C32H32N2O5. The Hall–Kier alpha value is -4.36. The Labute approximate surface area is 228 Å². The highest BCUT2D eigenvalue weighted by Gasteiger charge is 2.13. The van der Waals surface area contributed by atoms with E-state index < -0.39 is 5.97 Å². The summed E-state index contributed by atoms with van der Waals surface area (Å²) in [5.41, 5.74) is 1.13. The van der Waals surface area contributed by atoms with E-state index in [2.05, 4.69) is 16.3 Å². The van der Waals surface area contributed by atoms with E-state index in [0.717, 1.165) is 41.7 Å². The highest BCUT2D eigenvalue weighted by atomic mass is 16.5. The smallest absolute Gasteiger partial charge is 0.337 e. The van der Waals surface area contributed by atoms with E-state index in [-0.39, 0.29) is 23.6 Å². The van der Waals surface area contributed by atoms with Gasteiger partial charge in [0.2, 0.25) is 5.91 Å². The molecule has 4 aromatic carbocycles. The Morgan fingerprint density at radius 3 is 2.26 bits per heavy atom. The van der Waals surface area contributed by atoms with Gasteiger partial charge in [-0.05, 0) is 90.8 Å². The van der Waals surface area contributed by atoms with E-state index in [1.165, 1.54) is 25.3 Å². The number of fused-ring (bicyclic) bond motifs is 1. The van der Waals surface area contributed by atoms with Gasteiger partial charge in [0.05, 0.1) is 17.7 Å². The Kier molecular flexibility index (Phi) is 8.39. The number of hydrogen-bond donors (Lipinski definition) is 2. The maximum Gasteiger partial charge on any atom is 0.337 e. The van der Waals surface area contributed by atoms with Crippen LogP contribution in [0.5, 0.6) is 17.2 Å². The number of nitrogens with zero attached hydrogens (tertiary/aromatic N) is 1. The molecule has 0 bridgehead atoms. The molecule has 2 N–H and O–H groups in total. The third-order valence-corrected chi connectivity index (χ3v) is 6.86. The number of ether oxygens (including phenoxy) is 2. The predicted molar refractivity (Wildman–Crippen MR) is 152 cm³/mol. The molecule has 5 rings (SSSR count). The van der Waals surface area contributed by atoms with E-state index in [0.29, 0.717) is 18.1 Å². The number of amides is 1. The van der Waals surface area contributed by atoms with Gasteiger partial charge in [-0.1, -0.05) is 42.8 Å². The monoisotopic (exact) mass is 524 g/mol. The van der Waals surface area contributed by atoms with Crippen LogP contribution in [0.1, 0.15) is 35.2 Å². The first-order valence-corrected chi connectivity index (χ1v) is 13.3. The van der Waals surface area contributed by atoms with Crippen molar-refractivity contribution in [2.45, 2.75) is 25.7 Å². The third kappa shape index (κ3) is 7.15. The van der Waals surface area contributed by atoms with Crippen molar-refractivity contribution in [3.05, 3.63) is 96.1 Å². The lowest BCUT2D eigenvalue weighted by molar-refractivity contribution is -0.115. The van der Waals surface area contributed by atoms with Crippen LogP contribution in [0, 0.1) is 0 Å². The summed E-state index contributed by atoms with van der Waals surface area (Å²) in [5.74, 6) is 0.844. The number of piperidine rings is 1. The zero-order chi connectivity index (χ0) is 27.0. The Morgan fingerprint density at radius 1 is 0.795 bits per heavy atom. The van der Waals surface area contributed by atoms with E-state index in [9.17, 15) is 14.7 Å². The average molecular weight is 525 g/mol. The number of carbonyl (C=O) groups is 2. The van der Waals surface area contributed by atoms with Crippen molar-refractivity contribution < 1.29 is 24.2 Å². The predicted octanol–water partition coefficient (Wildman–Crippen LogP) is 6.38. The first-order chi connectivity index (χ1) is 19.0. The summed E-state index contributed by atoms with van der Waals surface area (Å²) in [7, 11) is 0. The summed E-state index contributed by atoms with van der Waals surface area (Å²) in [6.45, 7) is 3.96. The van der Waals surface area contributed by atoms with E-state index in [1.807, 2.05) is 54.6 Å². The lowest BCUT2D eigenvalue weighted by Gasteiger charge is -2.26. The van der Waals surface area contributed by atoms with Gasteiger partial charge in [0.15, 0.2) is 0 Å². The normalized spacial score (nSPS) is 13.6. The minimum atomic E-state index is -1.09. The molecule has 0 spiro atoms. The molecule has 0 aromatic heterocycles. The molecule has 0 atom stereocenters. The van der Waals surface area contributed by atoms with Crippen molar-refractivity contribution in [2.24, 2.45) is 0 Å². The molecule has 39 heavy (non-hydrogen) atoms. The van der Waals surface area contributed by atoms with Gasteiger partial charge in [-0.15, -0.1) is 0 Å². The number of carboxylic acids is 1. The van der Waals surface area contributed by atoms with Crippen LogP contribution in [0.3, 0.4) is 0 Å². The summed E-state index contributed by atoms with van der Waals surface area (Å²) in [6, 6.07) is 25.7. The Balaban J connectivity index is 1.17. The number of anilines is 1. The van der Waals surface area contributed by atoms with Gasteiger partial charge in [0.25, 0.3) is 0 Å². The van der Waals surface area contributed by atoms with Gasteiger partial charge in [-0.25, -0.2) is 4.79 Å². The van der Waals surface area contributed by atoms with Crippen LogP contribution in [-0.2, 0) is 11.2 Å². The second kappa shape index (κ2) is 12.5. The largest absolute Gasteiger partial charge is 0.492 e. The van der Waals surface area contributed by atoms with Crippen LogP contribution in [0.2, 0.25) is 0 Å². The third-order valence-electron chi connectivity index (χ3n) is 6.86. The number of rotatable bonds is 10. The molecule has 0 radical (unpaired) electrons. The van der Waals surface area contributed by atoms with Crippen molar-refractivity contribution in [3.63, 3.8) is 0 Å². The van der Waals surface area contributed by atoms with Crippen LogP contribution < -0.4 is 14.8 Å². The van der Waals surface area contributed by atoms with Crippen LogP contribution in [-0.4, -0.2) is 48.1 Å².